The molecular weight excluding hydrogens is 416 g/mol. The molecule has 1 N–H and O–H groups in total. The van der Waals surface area contributed by atoms with Crippen LogP contribution in [0.2, 0.25) is 0 Å². The zero-order valence-electron chi connectivity index (χ0n) is 17.6. The summed E-state index contributed by atoms with van der Waals surface area (Å²) in [5.74, 6) is 0.347. The van der Waals surface area contributed by atoms with Crippen molar-refractivity contribution in [3.63, 3.8) is 0 Å². The van der Waals surface area contributed by atoms with E-state index < -0.39 is 5.97 Å². The highest BCUT2D eigenvalue weighted by Crippen LogP contribution is 2.33. The molecule has 1 heterocycles. The summed E-state index contributed by atoms with van der Waals surface area (Å²) in [6, 6.07) is 13.0. The molecule has 0 saturated carbocycles. The van der Waals surface area contributed by atoms with E-state index in [1.54, 1.807) is 25.7 Å². The van der Waals surface area contributed by atoms with E-state index in [9.17, 15) is 9.59 Å². The van der Waals surface area contributed by atoms with Crippen molar-refractivity contribution in [2.75, 3.05) is 26.1 Å². The summed E-state index contributed by atoms with van der Waals surface area (Å²) in [7, 11) is 3.15. The van der Waals surface area contributed by atoms with Crippen LogP contribution in [0.3, 0.4) is 0 Å². The maximum atomic E-state index is 12.1. The van der Waals surface area contributed by atoms with Gasteiger partial charge in [0.15, 0.2) is 18.1 Å². The van der Waals surface area contributed by atoms with E-state index >= 15 is 0 Å². The molecule has 1 amide bonds. The summed E-state index contributed by atoms with van der Waals surface area (Å²) < 4.78 is 15.7. The molecule has 0 aliphatic carbocycles. The Balaban J connectivity index is 1.55. The Morgan fingerprint density at radius 1 is 1.06 bits per heavy atom. The molecule has 0 bridgehead atoms. The molecule has 0 fully saturated rings. The van der Waals surface area contributed by atoms with Crippen LogP contribution in [-0.4, -0.2) is 37.7 Å². The zero-order valence-corrected chi connectivity index (χ0v) is 18.5. The monoisotopic (exact) mass is 440 g/mol. The van der Waals surface area contributed by atoms with Crippen LogP contribution in [0.15, 0.2) is 47.8 Å². The van der Waals surface area contributed by atoms with Crippen LogP contribution in [0.25, 0.3) is 10.6 Å². The number of aromatic nitrogens is 1. The lowest BCUT2D eigenvalue weighted by Gasteiger charge is -2.09. The first-order chi connectivity index (χ1) is 15.0. The minimum absolute atomic E-state index is 0.0113. The quantitative estimate of drug-likeness (QED) is 0.504. The summed E-state index contributed by atoms with van der Waals surface area (Å²) in [5.41, 5.74) is 3.19. The van der Waals surface area contributed by atoms with Crippen molar-refractivity contribution in [3.05, 3.63) is 59.1 Å². The largest absolute Gasteiger partial charge is 0.493 e. The Kier molecular flexibility index (Phi) is 7.61. The lowest BCUT2D eigenvalue weighted by atomic mass is 10.1. The molecule has 162 valence electrons. The average molecular weight is 441 g/mol. The number of methoxy groups -OCH3 is 2. The summed E-state index contributed by atoms with van der Waals surface area (Å²) in [5, 5.41) is 5.32. The Hall–Kier alpha value is -3.39. The lowest BCUT2D eigenvalue weighted by molar-refractivity contribution is -0.146. The molecule has 0 spiro atoms. The van der Waals surface area contributed by atoms with Gasteiger partial charge in [-0.1, -0.05) is 25.1 Å². The second-order valence-electron chi connectivity index (χ2n) is 6.61. The number of hydrogen-bond donors (Lipinski definition) is 1. The van der Waals surface area contributed by atoms with Crippen molar-refractivity contribution in [1.82, 2.24) is 4.98 Å². The number of thiazole rings is 1. The molecular formula is C23H24N2O5S. The van der Waals surface area contributed by atoms with Crippen molar-refractivity contribution >= 4 is 28.9 Å². The van der Waals surface area contributed by atoms with Crippen molar-refractivity contribution in [2.45, 2.75) is 19.8 Å². The topological polar surface area (TPSA) is 86.8 Å². The number of amides is 1. The van der Waals surface area contributed by atoms with Gasteiger partial charge in [-0.3, -0.25) is 9.59 Å². The summed E-state index contributed by atoms with van der Waals surface area (Å²) >= 11 is 1.41. The van der Waals surface area contributed by atoms with Gasteiger partial charge in [-0.15, -0.1) is 11.3 Å². The van der Waals surface area contributed by atoms with Gasteiger partial charge in [0, 0.05) is 16.6 Å². The van der Waals surface area contributed by atoms with Gasteiger partial charge in [-0.2, -0.15) is 0 Å². The molecule has 8 heteroatoms. The second kappa shape index (κ2) is 10.6. The maximum Gasteiger partial charge on any atom is 0.312 e. The van der Waals surface area contributed by atoms with Gasteiger partial charge in [-0.05, 0) is 36.2 Å². The fraction of sp³-hybridized carbons (Fsp3) is 0.261. The van der Waals surface area contributed by atoms with Gasteiger partial charge < -0.3 is 19.5 Å². The van der Waals surface area contributed by atoms with Crippen LogP contribution in [0, 0.1) is 0 Å². The molecule has 2 aromatic carbocycles. The number of nitrogens with one attached hydrogen (secondary N) is 1. The summed E-state index contributed by atoms with van der Waals surface area (Å²) in [4.78, 5) is 28.8. The van der Waals surface area contributed by atoms with E-state index in [4.69, 9.17) is 14.2 Å². The van der Waals surface area contributed by atoms with Gasteiger partial charge in [0.25, 0.3) is 5.91 Å². The smallest absolute Gasteiger partial charge is 0.312 e. The summed E-state index contributed by atoms with van der Waals surface area (Å²) in [6.07, 6.45) is 0.783. The number of para-hydroxylation sites is 1. The first-order valence-electron chi connectivity index (χ1n) is 9.74. The molecule has 3 aromatic rings. The average Bonchev–Trinajstić information content (AvgIpc) is 3.26. The third-order valence-corrected chi connectivity index (χ3v) is 5.48. The van der Waals surface area contributed by atoms with Gasteiger partial charge in [0.05, 0.1) is 26.3 Å². The molecule has 3 rings (SSSR count). The molecule has 1 aromatic heterocycles. The van der Waals surface area contributed by atoms with Crippen molar-refractivity contribution in [3.8, 4) is 22.1 Å². The van der Waals surface area contributed by atoms with Crippen molar-refractivity contribution in [1.29, 1.82) is 0 Å². The Morgan fingerprint density at radius 2 is 1.84 bits per heavy atom. The van der Waals surface area contributed by atoms with Gasteiger partial charge in [0.2, 0.25) is 0 Å². The van der Waals surface area contributed by atoms with E-state index in [0.717, 1.165) is 28.2 Å². The van der Waals surface area contributed by atoms with E-state index in [2.05, 4.69) is 10.3 Å². The fourth-order valence-electron chi connectivity index (χ4n) is 2.97. The minimum Gasteiger partial charge on any atom is -0.493 e. The molecule has 0 aliphatic rings. The Labute approximate surface area is 185 Å². The number of rotatable bonds is 9. The number of hydrogen-bond acceptors (Lipinski definition) is 7. The van der Waals surface area contributed by atoms with Gasteiger partial charge in [0.1, 0.15) is 5.01 Å². The Bertz CT molecular complexity index is 1060. The third kappa shape index (κ3) is 5.82. The number of carbonyl (C=O) groups is 2. The number of benzene rings is 2. The van der Waals surface area contributed by atoms with Gasteiger partial charge >= 0.3 is 5.97 Å². The third-order valence-electron chi connectivity index (χ3n) is 4.54. The van der Waals surface area contributed by atoms with Crippen LogP contribution in [0.4, 0.5) is 5.69 Å². The number of anilines is 1. The van der Waals surface area contributed by atoms with Crippen LogP contribution in [0.1, 0.15) is 18.2 Å². The number of esters is 1. The molecule has 0 radical (unpaired) electrons. The van der Waals surface area contributed by atoms with E-state index in [1.165, 1.54) is 11.3 Å². The standard InChI is InChI=1S/C23H24N2O5S/c1-4-15-7-5-6-8-18(15)25-21(26)13-30-22(27)12-17-14-31-23(24-17)16-9-10-19(28-2)20(11-16)29-3/h5-11,14H,4,12-13H2,1-3H3,(H,25,26). The fourth-order valence-corrected chi connectivity index (χ4v) is 3.79. The van der Waals surface area contributed by atoms with Gasteiger partial charge in [-0.25, -0.2) is 4.98 Å². The molecule has 0 aliphatic heterocycles. The van der Waals surface area contributed by atoms with Crippen LogP contribution in [-0.2, 0) is 27.2 Å². The van der Waals surface area contributed by atoms with Crippen LogP contribution in [0.5, 0.6) is 11.5 Å². The van der Waals surface area contributed by atoms with Crippen molar-refractivity contribution in [2.24, 2.45) is 0 Å². The summed E-state index contributed by atoms with van der Waals surface area (Å²) in [6.45, 7) is 1.67. The highest BCUT2D eigenvalue weighted by Gasteiger charge is 2.14. The first-order valence-corrected chi connectivity index (χ1v) is 10.6. The second-order valence-corrected chi connectivity index (χ2v) is 7.47. The molecule has 0 saturated heterocycles. The highest BCUT2D eigenvalue weighted by atomic mass is 32.1. The van der Waals surface area contributed by atoms with E-state index in [-0.39, 0.29) is 18.9 Å². The SMILES string of the molecule is CCc1ccccc1NC(=O)COC(=O)Cc1csc(-c2ccc(OC)c(OC)c2)n1. The molecule has 0 unspecified atom stereocenters. The number of ether oxygens (including phenoxy) is 3. The zero-order chi connectivity index (χ0) is 22.2. The van der Waals surface area contributed by atoms with Crippen LogP contribution < -0.4 is 14.8 Å². The van der Waals surface area contributed by atoms with Crippen molar-refractivity contribution < 1.29 is 23.8 Å². The number of carbonyl (C=O) groups excluding carboxylic acids is 2. The predicted octanol–water partition coefficient (Wildman–Crippen LogP) is 4.11. The minimum atomic E-state index is -0.511. The Morgan fingerprint density at radius 3 is 2.58 bits per heavy atom. The van der Waals surface area contributed by atoms with E-state index in [1.807, 2.05) is 43.3 Å². The lowest BCUT2D eigenvalue weighted by Crippen LogP contribution is -2.22. The predicted molar refractivity (Wildman–Crippen MR) is 120 cm³/mol. The highest BCUT2D eigenvalue weighted by molar-refractivity contribution is 7.13. The number of aryl methyl sites for hydroxylation is 1. The van der Waals surface area contributed by atoms with E-state index in [0.29, 0.717) is 17.2 Å². The molecule has 31 heavy (non-hydrogen) atoms. The maximum absolute atomic E-state index is 12.1. The first kappa shape index (κ1) is 22.3. The normalized spacial score (nSPS) is 10.4. The molecule has 0 atom stereocenters. The molecule has 7 nitrogen and oxygen atoms in total. The number of nitrogens with zero attached hydrogens (tertiary/aromatic N) is 1. The van der Waals surface area contributed by atoms with Crippen LogP contribution >= 0.6 is 11.3 Å².